The van der Waals surface area contributed by atoms with Crippen LogP contribution in [0.2, 0.25) is 10.0 Å². The monoisotopic (exact) mass is 470 g/mol. The topological polar surface area (TPSA) is 107 Å². The summed E-state index contributed by atoms with van der Waals surface area (Å²) < 4.78 is 5.25. The molecule has 0 aromatic heterocycles. The predicted molar refractivity (Wildman–Crippen MR) is 116 cm³/mol. The molecule has 32 heavy (non-hydrogen) atoms. The third-order valence-electron chi connectivity index (χ3n) is 4.78. The van der Waals surface area contributed by atoms with E-state index in [0.29, 0.717) is 5.56 Å². The number of fused-ring (bicyclic) bond motifs is 1. The first-order valence-corrected chi connectivity index (χ1v) is 9.90. The molecule has 0 bridgehead atoms. The van der Waals surface area contributed by atoms with E-state index in [-0.39, 0.29) is 44.7 Å². The van der Waals surface area contributed by atoms with E-state index in [2.05, 4.69) is 0 Å². The molecule has 0 atom stereocenters. The number of carbonyl (C=O) groups is 3. The zero-order chi connectivity index (χ0) is 23.0. The zero-order valence-corrected chi connectivity index (χ0v) is 17.6. The third-order valence-corrected chi connectivity index (χ3v) is 5.51. The number of amides is 2. The molecule has 160 valence electrons. The van der Waals surface area contributed by atoms with Gasteiger partial charge in [-0.2, -0.15) is 0 Å². The molecule has 1 aliphatic rings. The van der Waals surface area contributed by atoms with Crippen molar-refractivity contribution in [2.24, 2.45) is 0 Å². The number of halogens is 2. The number of non-ortho nitro benzene ring substituents is 1. The van der Waals surface area contributed by atoms with Gasteiger partial charge in [-0.3, -0.25) is 19.7 Å². The minimum atomic E-state index is -0.687. The molecule has 0 saturated carbocycles. The summed E-state index contributed by atoms with van der Waals surface area (Å²) >= 11 is 11.9. The number of imide groups is 1. The summed E-state index contributed by atoms with van der Waals surface area (Å²) in [5.74, 6) is -1.85. The zero-order valence-electron chi connectivity index (χ0n) is 16.1. The highest BCUT2D eigenvalue weighted by molar-refractivity contribution is 6.44. The van der Waals surface area contributed by atoms with Crippen LogP contribution in [0, 0.1) is 10.1 Å². The van der Waals surface area contributed by atoms with Crippen LogP contribution in [0.4, 0.5) is 11.4 Å². The average Bonchev–Trinajstić information content (AvgIpc) is 3.02. The Balaban J connectivity index is 1.52. The van der Waals surface area contributed by atoms with Gasteiger partial charge in [0.15, 0.2) is 0 Å². The van der Waals surface area contributed by atoms with Crippen molar-refractivity contribution in [3.63, 3.8) is 0 Å². The fraction of sp³-hybridized carbons (Fsp3) is 0.0455. The highest BCUT2D eigenvalue weighted by Gasteiger charge is 2.37. The van der Waals surface area contributed by atoms with Gasteiger partial charge < -0.3 is 4.74 Å². The van der Waals surface area contributed by atoms with Crippen LogP contribution in [-0.2, 0) is 11.3 Å². The van der Waals surface area contributed by atoms with Crippen LogP contribution in [-0.4, -0.2) is 22.7 Å². The SMILES string of the molecule is O=C(OCc1ccc([N+](=O)[O-])cc1)c1cccc(N2C(=O)c3cc(Cl)c(Cl)cc3C2=O)c1. The maximum Gasteiger partial charge on any atom is 0.338 e. The maximum atomic E-state index is 12.8. The van der Waals surface area contributed by atoms with E-state index in [0.717, 1.165) is 4.90 Å². The molecule has 10 heteroatoms. The minimum absolute atomic E-state index is 0.0729. The van der Waals surface area contributed by atoms with Gasteiger partial charge in [-0.15, -0.1) is 0 Å². The fourth-order valence-electron chi connectivity index (χ4n) is 3.19. The maximum absolute atomic E-state index is 12.8. The van der Waals surface area contributed by atoms with Crippen LogP contribution in [0.3, 0.4) is 0 Å². The van der Waals surface area contributed by atoms with E-state index in [1.807, 2.05) is 0 Å². The summed E-state index contributed by atoms with van der Waals surface area (Å²) in [4.78, 5) is 49.2. The van der Waals surface area contributed by atoms with Gasteiger partial charge in [0.2, 0.25) is 0 Å². The molecule has 8 nitrogen and oxygen atoms in total. The van der Waals surface area contributed by atoms with Gasteiger partial charge in [0.05, 0.1) is 37.3 Å². The summed E-state index contributed by atoms with van der Waals surface area (Å²) in [5.41, 5.74) is 1.04. The molecule has 1 aliphatic heterocycles. The van der Waals surface area contributed by atoms with Crippen molar-refractivity contribution in [3.8, 4) is 0 Å². The lowest BCUT2D eigenvalue weighted by molar-refractivity contribution is -0.384. The van der Waals surface area contributed by atoms with Gasteiger partial charge >= 0.3 is 5.97 Å². The molecule has 1 heterocycles. The Bertz CT molecular complexity index is 1250. The number of nitro benzene ring substituents is 1. The van der Waals surface area contributed by atoms with Crippen molar-refractivity contribution in [2.45, 2.75) is 6.61 Å². The predicted octanol–water partition coefficient (Wildman–Crippen LogP) is 5.06. The van der Waals surface area contributed by atoms with Crippen LogP contribution < -0.4 is 4.90 Å². The van der Waals surface area contributed by atoms with Crippen LogP contribution in [0.15, 0.2) is 60.7 Å². The van der Waals surface area contributed by atoms with Crippen molar-refractivity contribution in [2.75, 3.05) is 4.90 Å². The van der Waals surface area contributed by atoms with E-state index >= 15 is 0 Å². The van der Waals surface area contributed by atoms with E-state index in [9.17, 15) is 24.5 Å². The van der Waals surface area contributed by atoms with E-state index < -0.39 is 22.7 Å². The second-order valence-electron chi connectivity index (χ2n) is 6.81. The molecule has 0 aliphatic carbocycles. The Labute approximate surface area is 191 Å². The molecule has 0 unspecified atom stereocenters. The molecule has 0 fully saturated rings. The number of hydrogen-bond donors (Lipinski definition) is 0. The summed E-state index contributed by atoms with van der Waals surface area (Å²) in [6.45, 7) is -0.106. The summed E-state index contributed by atoms with van der Waals surface area (Å²) in [6, 6.07) is 14.1. The fourth-order valence-corrected chi connectivity index (χ4v) is 3.51. The van der Waals surface area contributed by atoms with E-state index in [1.54, 1.807) is 0 Å². The molecule has 4 rings (SSSR count). The Kier molecular flexibility index (Phi) is 5.65. The molecule has 3 aromatic carbocycles. The molecule has 0 N–H and O–H groups in total. The smallest absolute Gasteiger partial charge is 0.338 e. The van der Waals surface area contributed by atoms with Gasteiger partial charge in [0, 0.05) is 12.1 Å². The number of hydrogen-bond acceptors (Lipinski definition) is 6. The first-order valence-electron chi connectivity index (χ1n) is 9.14. The third kappa shape index (κ3) is 3.93. The standard InChI is InChI=1S/C22H12Cl2N2O6/c23-18-9-16-17(10-19(18)24)21(28)25(20(16)27)15-3-1-2-13(8-15)22(29)32-11-12-4-6-14(7-5-12)26(30)31/h1-10H,11H2. The second-order valence-corrected chi connectivity index (χ2v) is 7.62. The van der Waals surface area contributed by atoms with E-state index in [1.165, 1.54) is 60.7 Å². The number of esters is 1. The van der Waals surface area contributed by atoms with Crippen molar-refractivity contribution < 1.29 is 24.0 Å². The molecule has 0 radical (unpaired) electrons. The Morgan fingerprint density at radius 1 is 0.938 bits per heavy atom. The number of rotatable bonds is 5. The van der Waals surface area contributed by atoms with Gasteiger partial charge in [-0.1, -0.05) is 29.3 Å². The van der Waals surface area contributed by atoms with Crippen molar-refractivity contribution >= 4 is 52.4 Å². The molecule has 2 amide bonds. The molecule has 3 aromatic rings. The molecular weight excluding hydrogens is 459 g/mol. The van der Waals surface area contributed by atoms with Gasteiger partial charge in [0.25, 0.3) is 17.5 Å². The lowest BCUT2D eigenvalue weighted by Crippen LogP contribution is -2.29. The largest absolute Gasteiger partial charge is 0.457 e. The van der Waals surface area contributed by atoms with Crippen molar-refractivity contribution in [1.29, 1.82) is 0 Å². The summed E-state index contributed by atoms with van der Waals surface area (Å²) in [6.07, 6.45) is 0. The van der Waals surface area contributed by atoms with Crippen LogP contribution in [0.25, 0.3) is 0 Å². The first-order chi connectivity index (χ1) is 15.3. The second kappa shape index (κ2) is 8.41. The van der Waals surface area contributed by atoms with Gasteiger partial charge in [-0.25, -0.2) is 9.69 Å². The Morgan fingerprint density at radius 2 is 1.53 bits per heavy atom. The van der Waals surface area contributed by atoms with Crippen molar-refractivity contribution in [1.82, 2.24) is 0 Å². The number of nitrogens with zero attached hydrogens (tertiary/aromatic N) is 2. The first kappa shape index (κ1) is 21.5. The Morgan fingerprint density at radius 3 is 2.09 bits per heavy atom. The number of anilines is 1. The highest BCUT2D eigenvalue weighted by Crippen LogP contribution is 2.34. The highest BCUT2D eigenvalue weighted by atomic mass is 35.5. The molecule has 0 saturated heterocycles. The van der Waals surface area contributed by atoms with Crippen LogP contribution in [0.1, 0.15) is 36.6 Å². The minimum Gasteiger partial charge on any atom is -0.457 e. The number of carbonyl (C=O) groups excluding carboxylic acids is 3. The van der Waals surface area contributed by atoms with Crippen molar-refractivity contribution in [3.05, 3.63) is 103 Å². The van der Waals surface area contributed by atoms with Gasteiger partial charge in [-0.05, 0) is 48.0 Å². The normalized spacial score (nSPS) is 12.6. The Hall–Kier alpha value is -3.75. The lowest BCUT2D eigenvalue weighted by Gasteiger charge is -2.15. The van der Waals surface area contributed by atoms with Gasteiger partial charge in [0.1, 0.15) is 6.61 Å². The quantitative estimate of drug-likeness (QED) is 0.223. The average molecular weight is 471 g/mol. The number of benzene rings is 3. The summed E-state index contributed by atoms with van der Waals surface area (Å²) in [5, 5.41) is 11.0. The van der Waals surface area contributed by atoms with E-state index in [4.69, 9.17) is 27.9 Å². The van der Waals surface area contributed by atoms with Crippen LogP contribution in [0.5, 0.6) is 0 Å². The van der Waals surface area contributed by atoms with Crippen LogP contribution >= 0.6 is 23.2 Å². The lowest BCUT2D eigenvalue weighted by atomic mass is 10.1. The molecule has 0 spiro atoms. The summed E-state index contributed by atoms with van der Waals surface area (Å²) in [7, 11) is 0. The number of nitro groups is 1. The molecular formula is C22H12Cl2N2O6. The number of ether oxygens (including phenoxy) is 1.